The maximum atomic E-state index is 12.6. The number of rotatable bonds is 2. The molecule has 1 aromatic carbocycles. The smallest absolute Gasteiger partial charge is 0.244 e. The van der Waals surface area contributed by atoms with Crippen LogP contribution in [0.2, 0.25) is 0 Å². The number of amides is 1. The molecule has 2 N–H and O–H groups in total. The number of halogens is 1. The molecule has 2 aliphatic heterocycles. The van der Waals surface area contributed by atoms with E-state index in [1.807, 2.05) is 35.2 Å². The number of hydrogen-bond donors (Lipinski definition) is 1. The van der Waals surface area contributed by atoms with E-state index in [1.165, 1.54) is 5.57 Å². The average Bonchev–Trinajstić information content (AvgIpc) is 2.55. The molecule has 0 bridgehead atoms. The molecule has 1 aromatic rings. The van der Waals surface area contributed by atoms with Gasteiger partial charge in [0.1, 0.15) is 6.04 Å². The van der Waals surface area contributed by atoms with Gasteiger partial charge >= 0.3 is 0 Å². The minimum Gasteiger partial charge on any atom is -0.370 e. The van der Waals surface area contributed by atoms with Gasteiger partial charge in [-0.05, 0) is 31.7 Å². The lowest BCUT2D eigenvalue weighted by Gasteiger charge is -2.42. The summed E-state index contributed by atoms with van der Waals surface area (Å²) >= 11 is 0. The molecule has 3 rings (SSSR count). The second-order valence-corrected chi connectivity index (χ2v) is 6.37. The highest BCUT2D eigenvalue weighted by Gasteiger charge is 2.37. The molecule has 126 valence electrons. The van der Waals surface area contributed by atoms with Crippen molar-refractivity contribution in [3.8, 4) is 0 Å². The summed E-state index contributed by atoms with van der Waals surface area (Å²) < 4.78 is 6.00. The van der Waals surface area contributed by atoms with Gasteiger partial charge in [-0.2, -0.15) is 0 Å². The van der Waals surface area contributed by atoms with E-state index in [4.69, 9.17) is 10.5 Å². The van der Waals surface area contributed by atoms with Crippen LogP contribution >= 0.6 is 12.4 Å². The molecule has 23 heavy (non-hydrogen) atoms. The summed E-state index contributed by atoms with van der Waals surface area (Å²) in [6.07, 6.45) is 4.99. The maximum absolute atomic E-state index is 12.6. The molecule has 1 atom stereocenters. The second kappa shape index (κ2) is 7.47. The summed E-state index contributed by atoms with van der Waals surface area (Å²) in [6.45, 7) is 4.37. The third-order valence-corrected chi connectivity index (χ3v) is 4.74. The first-order valence-corrected chi connectivity index (χ1v) is 8.01. The molecule has 0 saturated carbocycles. The molecule has 2 heterocycles. The van der Waals surface area contributed by atoms with Gasteiger partial charge < -0.3 is 15.4 Å². The number of nitrogens with zero attached hydrogens (tertiary/aromatic N) is 1. The van der Waals surface area contributed by atoms with Crippen molar-refractivity contribution in [2.75, 3.05) is 19.7 Å². The van der Waals surface area contributed by atoms with Gasteiger partial charge in [-0.25, -0.2) is 0 Å². The quantitative estimate of drug-likeness (QED) is 0.845. The highest BCUT2D eigenvalue weighted by Crippen LogP contribution is 2.33. The minimum absolute atomic E-state index is 0. The Balaban J connectivity index is 0.00000192. The Bertz CT molecular complexity index is 566. The molecule has 1 saturated heterocycles. The molecule has 0 unspecified atom stereocenters. The first-order chi connectivity index (χ1) is 10.6. The highest BCUT2D eigenvalue weighted by molar-refractivity contribution is 5.85. The molecule has 4 nitrogen and oxygen atoms in total. The molecular weight excluding hydrogens is 312 g/mol. The van der Waals surface area contributed by atoms with Crippen molar-refractivity contribution >= 4 is 18.3 Å². The second-order valence-electron chi connectivity index (χ2n) is 6.37. The Morgan fingerprint density at radius 3 is 2.52 bits per heavy atom. The fourth-order valence-electron chi connectivity index (χ4n) is 3.37. The lowest BCUT2D eigenvalue weighted by atomic mass is 9.86. The van der Waals surface area contributed by atoms with E-state index in [0.717, 1.165) is 31.4 Å². The maximum Gasteiger partial charge on any atom is 0.244 e. The van der Waals surface area contributed by atoms with Gasteiger partial charge in [-0.3, -0.25) is 4.79 Å². The summed E-state index contributed by atoms with van der Waals surface area (Å²) in [6, 6.07) is 9.00. The molecule has 0 aliphatic carbocycles. The van der Waals surface area contributed by atoms with Crippen molar-refractivity contribution in [1.29, 1.82) is 0 Å². The zero-order chi connectivity index (χ0) is 15.6. The van der Waals surface area contributed by atoms with Gasteiger partial charge in [0, 0.05) is 13.1 Å². The molecule has 0 aromatic heterocycles. The largest absolute Gasteiger partial charge is 0.370 e. The Kier molecular flexibility index (Phi) is 5.84. The highest BCUT2D eigenvalue weighted by atomic mass is 35.5. The molecule has 0 radical (unpaired) electrons. The first kappa shape index (κ1) is 18.0. The number of carbonyl (C=O) groups excluding carboxylic acids is 1. The zero-order valence-electron chi connectivity index (χ0n) is 13.5. The van der Waals surface area contributed by atoms with Crippen molar-refractivity contribution < 1.29 is 9.53 Å². The number of likely N-dealkylation sites (tertiary alicyclic amines) is 1. The van der Waals surface area contributed by atoms with Crippen molar-refractivity contribution in [3.63, 3.8) is 0 Å². The van der Waals surface area contributed by atoms with Gasteiger partial charge in [-0.1, -0.05) is 42.0 Å². The number of nitrogens with two attached hydrogens (primary N) is 1. The van der Waals surface area contributed by atoms with Crippen LogP contribution in [0.3, 0.4) is 0 Å². The lowest BCUT2D eigenvalue weighted by Crippen LogP contribution is -2.50. The average molecular weight is 337 g/mol. The van der Waals surface area contributed by atoms with Gasteiger partial charge in [0.25, 0.3) is 0 Å². The molecule has 1 amide bonds. The third-order valence-electron chi connectivity index (χ3n) is 4.74. The van der Waals surface area contributed by atoms with Crippen LogP contribution in [0.4, 0.5) is 0 Å². The topological polar surface area (TPSA) is 55.6 Å². The number of carbonyl (C=O) groups is 1. The summed E-state index contributed by atoms with van der Waals surface area (Å²) in [5.41, 5.74) is 8.24. The van der Waals surface area contributed by atoms with E-state index in [9.17, 15) is 4.79 Å². The van der Waals surface area contributed by atoms with E-state index in [2.05, 4.69) is 13.0 Å². The molecule has 1 fully saturated rings. The van der Waals surface area contributed by atoms with Crippen LogP contribution in [0.5, 0.6) is 0 Å². The summed E-state index contributed by atoms with van der Waals surface area (Å²) in [5.74, 6) is 0.0116. The number of ether oxygens (including phenoxy) is 1. The lowest BCUT2D eigenvalue weighted by molar-refractivity contribution is -0.137. The molecular formula is C18H25ClN2O2. The predicted molar refractivity (Wildman–Crippen MR) is 93.5 cm³/mol. The standard InChI is InChI=1S/C18H24N2O2.ClH/c1-14-7-12-22-18(13-14)8-10-20(11-9-18)17(21)16(19)15-5-3-2-4-6-15;/h2-6,13,16H,7-12,19H2,1H3;1H/t16-;/m0./s1. The first-order valence-electron chi connectivity index (χ1n) is 8.01. The zero-order valence-corrected chi connectivity index (χ0v) is 14.3. The van der Waals surface area contributed by atoms with Gasteiger partial charge in [0.2, 0.25) is 5.91 Å². The van der Waals surface area contributed by atoms with E-state index >= 15 is 0 Å². The van der Waals surface area contributed by atoms with Crippen LogP contribution in [0.25, 0.3) is 0 Å². The van der Waals surface area contributed by atoms with Crippen LogP contribution in [-0.2, 0) is 9.53 Å². The van der Waals surface area contributed by atoms with E-state index in [-0.39, 0.29) is 23.9 Å². The van der Waals surface area contributed by atoms with Crippen LogP contribution in [0, 0.1) is 0 Å². The van der Waals surface area contributed by atoms with Crippen molar-refractivity contribution in [1.82, 2.24) is 4.90 Å². The normalized spacial score (nSPS) is 21.3. The van der Waals surface area contributed by atoms with Crippen LogP contribution < -0.4 is 5.73 Å². The van der Waals surface area contributed by atoms with Crippen molar-refractivity contribution in [3.05, 3.63) is 47.5 Å². The van der Waals surface area contributed by atoms with Crippen LogP contribution in [0.1, 0.15) is 37.8 Å². The predicted octanol–water partition coefficient (Wildman–Crippen LogP) is 2.84. The summed E-state index contributed by atoms with van der Waals surface area (Å²) in [4.78, 5) is 14.5. The number of benzene rings is 1. The number of hydrogen-bond acceptors (Lipinski definition) is 3. The van der Waals surface area contributed by atoms with E-state index < -0.39 is 6.04 Å². The van der Waals surface area contributed by atoms with Crippen molar-refractivity contribution in [2.24, 2.45) is 5.73 Å². The Morgan fingerprint density at radius 2 is 1.91 bits per heavy atom. The van der Waals surface area contributed by atoms with Gasteiger partial charge in [0.05, 0.1) is 12.2 Å². The third kappa shape index (κ3) is 3.94. The fraction of sp³-hybridized carbons (Fsp3) is 0.500. The Hall–Kier alpha value is -1.36. The summed E-state index contributed by atoms with van der Waals surface area (Å²) in [7, 11) is 0. The molecule has 2 aliphatic rings. The van der Waals surface area contributed by atoms with Crippen LogP contribution in [0.15, 0.2) is 42.0 Å². The van der Waals surface area contributed by atoms with Crippen LogP contribution in [-0.4, -0.2) is 36.1 Å². The van der Waals surface area contributed by atoms with E-state index in [1.54, 1.807) is 0 Å². The number of piperidine rings is 1. The van der Waals surface area contributed by atoms with Gasteiger partial charge in [0.15, 0.2) is 0 Å². The molecule has 5 heteroatoms. The van der Waals surface area contributed by atoms with E-state index in [0.29, 0.717) is 13.1 Å². The van der Waals surface area contributed by atoms with Crippen molar-refractivity contribution in [2.45, 2.75) is 37.8 Å². The Labute approximate surface area is 144 Å². The van der Waals surface area contributed by atoms with Gasteiger partial charge in [-0.15, -0.1) is 12.4 Å². The minimum atomic E-state index is -0.570. The molecule has 1 spiro atoms. The summed E-state index contributed by atoms with van der Waals surface area (Å²) in [5, 5.41) is 0. The Morgan fingerprint density at radius 1 is 1.26 bits per heavy atom. The SMILES string of the molecule is CC1=CC2(CCN(C(=O)[C@@H](N)c3ccccc3)CC2)OCC1.Cl. The monoisotopic (exact) mass is 336 g/mol. The fourth-order valence-corrected chi connectivity index (χ4v) is 3.37.